The summed E-state index contributed by atoms with van der Waals surface area (Å²) < 4.78 is 0. The van der Waals surface area contributed by atoms with Gasteiger partial charge in [-0.1, -0.05) is 0 Å². The second-order valence-corrected chi connectivity index (χ2v) is 4.49. The fraction of sp³-hybridized carbons (Fsp3) is 0.818. The minimum absolute atomic E-state index is 0.274. The highest BCUT2D eigenvalue weighted by Gasteiger charge is 2.37. The molecule has 2 N–H and O–H groups in total. The van der Waals surface area contributed by atoms with Gasteiger partial charge >= 0.3 is 0 Å². The Morgan fingerprint density at radius 1 is 1.56 bits per heavy atom. The molecular weight excluding hydrogens is 202 g/mol. The molecule has 0 aromatic heterocycles. The number of piperidine rings is 1. The van der Waals surface area contributed by atoms with E-state index in [1.165, 1.54) is 12.8 Å². The van der Waals surface area contributed by atoms with E-state index in [4.69, 9.17) is 0 Å². The van der Waals surface area contributed by atoms with Crippen molar-refractivity contribution in [3.05, 3.63) is 0 Å². The van der Waals surface area contributed by atoms with E-state index in [2.05, 4.69) is 33.9 Å². The minimum atomic E-state index is 0.274. The van der Waals surface area contributed by atoms with Crippen LogP contribution >= 0.6 is 0 Å². The number of nitrogens with one attached hydrogen (secondary N) is 2. The van der Waals surface area contributed by atoms with E-state index in [0.717, 1.165) is 32.1 Å². The van der Waals surface area contributed by atoms with Gasteiger partial charge in [0.25, 0.3) is 0 Å². The van der Waals surface area contributed by atoms with Gasteiger partial charge in [-0.2, -0.15) is 5.10 Å². The molecule has 2 rings (SSSR count). The molecule has 0 aromatic rings. The smallest absolute Gasteiger partial charge is 0.214 e. The van der Waals surface area contributed by atoms with Crippen molar-refractivity contribution in [2.75, 3.05) is 33.2 Å². The van der Waals surface area contributed by atoms with Crippen LogP contribution in [0.5, 0.6) is 0 Å². The summed E-state index contributed by atoms with van der Waals surface area (Å²) in [6, 6.07) is 0. The van der Waals surface area contributed by atoms with Gasteiger partial charge in [0.2, 0.25) is 5.96 Å². The average Bonchev–Trinajstić information content (AvgIpc) is 2.71. The largest absolute Gasteiger partial charge is 0.355 e. The van der Waals surface area contributed by atoms with Crippen LogP contribution in [-0.4, -0.2) is 50.4 Å². The second kappa shape index (κ2) is 4.82. The lowest BCUT2D eigenvalue weighted by Crippen LogP contribution is -2.44. The van der Waals surface area contributed by atoms with E-state index in [-0.39, 0.29) is 5.41 Å². The van der Waals surface area contributed by atoms with Gasteiger partial charge in [0.1, 0.15) is 0 Å². The van der Waals surface area contributed by atoms with E-state index in [1.807, 2.05) is 5.01 Å². The van der Waals surface area contributed by atoms with Gasteiger partial charge < -0.3 is 10.6 Å². The fourth-order valence-electron chi connectivity index (χ4n) is 2.36. The van der Waals surface area contributed by atoms with Crippen LogP contribution in [0.2, 0.25) is 0 Å². The van der Waals surface area contributed by atoms with Gasteiger partial charge in [-0.05, 0) is 32.9 Å². The molecule has 5 heteroatoms. The molecule has 5 nitrogen and oxygen atoms in total. The normalized spacial score (nSPS) is 24.1. The van der Waals surface area contributed by atoms with Gasteiger partial charge in [0.05, 0.1) is 6.54 Å². The Hall–Kier alpha value is -1.10. The molecule has 0 aliphatic carbocycles. The Kier molecular flexibility index (Phi) is 3.43. The zero-order valence-corrected chi connectivity index (χ0v) is 10.2. The first-order valence-electron chi connectivity index (χ1n) is 6.04. The topological polar surface area (TPSA) is 52.0 Å². The predicted octanol–water partition coefficient (Wildman–Crippen LogP) is 0.253. The van der Waals surface area contributed by atoms with Crippen LogP contribution < -0.4 is 10.6 Å². The van der Waals surface area contributed by atoms with Crippen LogP contribution in [0.4, 0.5) is 0 Å². The van der Waals surface area contributed by atoms with E-state index in [9.17, 15) is 0 Å². The lowest BCUT2D eigenvalue weighted by molar-refractivity contribution is 0.264. The number of rotatable bonds is 1. The summed E-state index contributed by atoms with van der Waals surface area (Å²) in [6.45, 7) is 6.12. The minimum Gasteiger partial charge on any atom is -0.355 e. The molecule has 1 saturated heterocycles. The molecule has 90 valence electrons. The fourth-order valence-corrected chi connectivity index (χ4v) is 2.36. The third kappa shape index (κ3) is 2.19. The maximum absolute atomic E-state index is 4.49. The lowest BCUT2D eigenvalue weighted by atomic mass is 9.81. The highest BCUT2D eigenvalue weighted by Crippen LogP contribution is 2.31. The maximum atomic E-state index is 4.49. The van der Waals surface area contributed by atoms with Crippen molar-refractivity contribution in [3.63, 3.8) is 0 Å². The molecule has 0 aromatic carbocycles. The standard InChI is InChI=1S/C11H21N5/c1-3-14-10(12-2)16-9-11(8-15-16)4-6-13-7-5-11/h8,13H,3-7,9H2,1-2H3,(H,12,14). The highest BCUT2D eigenvalue weighted by molar-refractivity contribution is 5.83. The van der Waals surface area contributed by atoms with E-state index >= 15 is 0 Å². The molecule has 1 spiro atoms. The SMILES string of the molecule is CCN/C(=N\C)N1CC2(C=N1)CCNCC2. The highest BCUT2D eigenvalue weighted by atomic mass is 15.5. The molecule has 0 amide bonds. The Balaban J connectivity index is 1.99. The number of nitrogens with zero attached hydrogens (tertiary/aromatic N) is 3. The van der Waals surface area contributed by atoms with Gasteiger partial charge in [-0.25, -0.2) is 5.01 Å². The third-order valence-corrected chi connectivity index (χ3v) is 3.33. The Labute approximate surface area is 97.0 Å². The molecule has 2 aliphatic heterocycles. The summed E-state index contributed by atoms with van der Waals surface area (Å²) in [4.78, 5) is 4.24. The summed E-state index contributed by atoms with van der Waals surface area (Å²) in [6.07, 6.45) is 4.47. The number of aliphatic imine (C=N–C) groups is 1. The number of guanidine groups is 1. The predicted molar refractivity (Wildman–Crippen MR) is 66.8 cm³/mol. The maximum Gasteiger partial charge on any atom is 0.214 e. The zero-order chi connectivity index (χ0) is 11.4. The van der Waals surface area contributed by atoms with Gasteiger partial charge in [-0.3, -0.25) is 4.99 Å². The third-order valence-electron chi connectivity index (χ3n) is 3.33. The van der Waals surface area contributed by atoms with E-state index in [1.54, 1.807) is 7.05 Å². The molecule has 2 heterocycles. The van der Waals surface area contributed by atoms with Crippen molar-refractivity contribution in [1.29, 1.82) is 0 Å². The molecule has 1 fully saturated rings. The van der Waals surface area contributed by atoms with Crippen LogP contribution in [0.1, 0.15) is 19.8 Å². The number of hydrogen-bond donors (Lipinski definition) is 2. The summed E-state index contributed by atoms with van der Waals surface area (Å²) >= 11 is 0. The van der Waals surface area contributed by atoms with Gasteiger partial charge in [-0.15, -0.1) is 0 Å². The first kappa shape index (κ1) is 11.4. The van der Waals surface area contributed by atoms with Crippen LogP contribution in [0.3, 0.4) is 0 Å². The first-order valence-corrected chi connectivity index (χ1v) is 6.04. The number of hydrogen-bond acceptors (Lipinski definition) is 3. The number of hydrazone groups is 1. The molecule has 0 radical (unpaired) electrons. The van der Waals surface area contributed by atoms with Crippen molar-refractivity contribution in [2.24, 2.45) is 15.5 Å². The van der Waals surface area contributed by atoms with Crippen molar-refractivity contribution in [2.45, 2.75) is 19.8 Å². The van der Waals surface area contributed by atoms with Gasteiger partial charge in [0.15, 0.2) is 0 Å². The van der Waals surface area contributed by atoms with Crippen LogP contribution in [-0.2, 0) is 0 Å². The molecule has 16 heavy (non-hydrogen) atoms. The summed E-state index contributed by atoms with van der Waals surface area (Å²) in [5.41, 5.74) is 0.274. The molecule has 2 aliphatic rings. The Morgan fingerprint density at radius 3 is 2.94 bits per heavy atom. The quantitative estimate of drug-likeness (QED) is 0.495. The Morgan fingerprint density at radius 2 is 2.31 bits per heavy atom. The van der Waals surface area contributed by atoms with Crippen LogP contribution in [0.25, 0.3) is 0 Å². The lowest BCUT2D eigenvalue weighted by Gasteiger charge is -2.32. The second-order valence-electron chi connectivity index (χ2n) is 4.49. The Bertz CT molecular complexity index is 291. The van der Waals surface area contributed by atoms with Crippen LogP contribution in [0.15, 0.2) is 10.1 Å². The van der Waals surface area contributed by atoms with Crippen molar-refractivity contribution >= 4 is 12.2 Å². The summed E-state index contributed by atoms with van der Waals surface area (Å²) in [5, 5.41) is 13.1. The van der Waals surface area contributed by atoms with Crippen molar-refractivity contribution in [3.8, 4) is 0 Å². The van der Waals surface area contributed by atoms with Crippen molar-refractivity contribution in [1.82, 2.24) is 15.6 Å². The molecule has 0 saturated carbocycles. The van der Waals surface area contributed by atoms with Crippen molar-refractivity contribution < 1.29 is 0 Å². The molecular formula is C11H21N5. The average molecular weight is 223 g/mol. The first-order chi connectivity index (χ1) is 7.79. The zero-order valence-electron chi connectivity index (χ0n) is 10.2. The van der Waals surface area contributed by atoms with E-state index in [0.29, 0.717) is 0 Å². The molecule has 0 atom stereocenters. The monoisotopic (exact) mass is 223 g/mol. The molecule has 0 unspecified atom stereocenters. The summed E-state index contributed by atoms with van der Waals surface area (Å²) in [7, 11) is 1.81. The molecule has 0 bridgehead atoms. The van der Waals surface area contributed by atoms with Crippen LogP contribution in [0, 0.1) is 5.41 Å². The van der Waals surface area contributed by atoms with E-state index < -0.39 is 0 Å². The van der Waals surface area contributed by atoms with Gasteiger partial charge in [0, 0.05) is 25.2 Å². The summed E-state index contributed by atoms with van der Waals surface area (Å²) in [5.74, 6) is 0.883.